The van der Waals surface area contributed by atoms with Crippen molar-refractivity contribution in [2.75, 3.05) is 11.9 Å². The highest BCUT2D eigenvalue weighted by Gasteiger charge is 2.24. The van der Waals surface area contributed by atoms with Gasteiger partial charge in [0.15, 0.2) is 11.5 Å². The first kappa shape index (κ1) is 11.2. The Kier molecular flexibility index (Phi) is 2.71. The second-order valence-electron chi connectivity index (χ2n) is 4.41. The molecule has 2 N–H and O–H groups in total. The molecule has 2 aromatic heterocycles. The normalized spacial score (nSPS) is 19.3. The first-order valence-corrected chi connectivity index (χ1v) is 5.98. The summed E-state index contributed by atoms with van der Waals surface area (Å²) in [5.74, 6) is 0.375. The number of aromatic nitrogens is 3. The number of aryl methyl sites for hydroxylation is 1. The van der Waals surface area contributed by atoms with Crippen molar-refractivity contribution >= 4 is 22.8 Å². The van der Waals surface area contributed by atoms with E-state index in [0.717, 1.165) is 23.9 Å². The van der Waals surface area contributed by atoms with Crippen LogP contribution in [0, 0.1) is 6.92 Å². The van der Waals surface area contributed by atoms with Gasteiger partial charge in [0, 0.05) is 12.3 Å². The molecule has 0 bridgehead atoms. The second kappa shape index (κ2) is 4.38. The smallest absolute Gasteiger partial charge is 0.254 e. The molecule has 6 heteroatoms. The van der Waals surface area contributed by atoms with Crippen molar-refractivity contribution in [3.8, 4) is 0 Å². The van der Waals surface area contributed by atoms with E-state index < -0.39 is 0 Å². The summed E-state index contributed by atoms with van der Waals surface area (Å²) in [6, 6.07) is 3.78. The summed E-state index contributed by atoms with van der Waals surface area (Å²) in [6.07, 6.45) is 1.35. The first-order valence-electron chi connectivity index (χ1n) is 5.98. The van der Waals surface area contributed by atoms with E-state index in [-0.39, 0.29) is 12.0 Å². The summed E-state index contributed by atoms with van der Waals surface area (Å²) in [7, 11) is 0. The van der Waals surface area contributed by atoms with Crippen LogP contribution in [0.15, 0.2) is 12.1 Å². The minimum atomic E-state index is -0.352. The summed E-state index contributed by atoms with van der Waals surface area (Å²) < 4.78 is 5.33. The van der Waals surface area contributed by atoms with Gasteiger partial charge >= 0.3 is 0 Å². The fourth-order valence-electron chi connectivity index (χ4n) is 2.08. The second-order valence-corrected chi connectivity index (χ2v) is 4.41. The zero-order valence-corrected chi connectivity index (χ0v) is 10.1. The topological polar surface area (TPSA) is 79.9 Å². The van der Waals surface area contributed by atoms with Crippen LogP contribution in [0.3, 0.4) is 0 Å². The molecule has 1 atom stereocenters. The van der Waals surface area contributed by atoms with Crippen LogP contribution >= 0.6 is 0 Å². The molecule has 0 saturated carbocycles. The van der Waals surface area contributed by atoms with E-state index in [4.69, 9.17) is 4.74 Å². The van der Waals surface area contributed by atoms with E-state index in [1.54, 1.807) is 0 Å². The first-order chi connectivity index (χ1) is 8.74. The third kappa shape index (κ3) is 1.95. The molecule has 1 aliphatic heterocycles. The lowest BCUT2D eigenvalue weighted by molar-refractivity contribution is -0.124. The van der Waals surface area contributed by atoms with E-state index in [0.29, 0.717) is 18.1 Å². The quantitative estimate of drug-likeness (QED) is 0.839. The molecule has 0 spiro atoms. The number of hydrogen-bond acceptors (Lipinski definition) is 4. The van der Waals surface area contributed by atoms with Crippen molar-refractivity contribution < 1.29 is 9.53 Å². The number of carbonyl (C=O) groups excluding carboxylic acids is 1. The van der Waals surface area contributed by atoms with Gasteiger partial charge in [-0.25, -0.2) is 4.98 Å². The Morgan fingerprint density at radius 2 is 2.44 bits per heavy atom. The molecule has 1 unspecified atom stereocenters. The Labute approximate surface area is 104 Å². The van der Waals surface area contributed by atoms with Gasteiger partial charge in [0.05, 0.1) is 5.39 Å². The molecule has 0 aromatic carbocycles. The Morgan fingerprint density at radius 3 is 3.22 bits per heavy atom. The molecule has 1 saturated heterocycles. The van der Waals surface area contributed by atoms with Crippen molar-refractivity contribution in [1.29, 1.82) is 0 Å². The molecule has 0 aliphatic carbocycles. The number of fused-ring (bicyclic) bond motifs is 1. The van der Waals surface area contributed by atoms with Crippen LogP contribution in [-0.2, 0) is 9.53 Å². The summed E-state index contributed by atoms with van der Waals surface area (Å²) >= 11 is 0. The van der Waals surface area contributed by atoms with E-state index in [1.165, 1.54) is 0 Å². The third-order valence-corrected chi connectivity index (χ3v) is 3.03. The van der Waals surface area contributed by atoms with E-state index in [9.17, 15) is 4.79 Å². The number of carbonyl (C=O) groups is 1. The number of nitrogens with one attached hydrogen (secondary N) is 2. The van der Waals surface area contributed by atoms with Gasteiger partial charge in [-0.2, -0.15) is 5.10 Å². The Bertz CT molecular complexity index is 587. The Balaban J connectivity index is 1.84. The lowest BCUT2D eigenvalue weighted by atomic mass is 10.2. The van der Waals surface area contributed by atoms with Crippen LogP contribution in [0.4, 0.5) is 5.82 Å². The van der Waals surface area contributed by atoms with Gasteiger partial charge in [-0.1, -0.05) is 0 Å². The van der Waals surface area contributed by atoms with Crippen molar-refractivity contribution in [1.82, 2.24) is 15.2 Å². The monoisotopic (exact) mass is 246 g/mol. The van der Waals surface area contributed by atoms with E-state index in [1.807, 2.05) is 19.1 Å². The van der Waals surface area contributed by atoms with Crippen LogP contribution in [0.25, 0.3) is 11.0 Å². The lowest BCUT2D eigenvalue weighted by Crippen LogP contribution is -2.27. The molecular formula is C12H14N4O2. The lowest BCUT2D eigenvalue weighted by Gasteiger charge is -2.08. The average Bonchev–Trinajstić information content (AvgIpc) is 2.98. The molecule has 0 radical (unpaired) electrons. The fraction of sp³-hybridized carbons (Fsp3) is 0.417. The van der Waals surface area contributed by atoms with Gasteiger partial charge in [0.1, 0.15) is 6.10 Å². The molecular weight excluding hydrogens is 232 g/mol. The van der Waals surface area contributed by atoms with Gasteiger partial charge in [-0.3, -0.25) is 9.89 Å². The van der Waals surface area contributed by atoms with Crippen molar-refractivity contribution in [2.24, 2.45) is 0 Å². The minimum Gasteiger partial charge on any atom is -0.368 e. The highest BCUT2D eigenvalue weighted by Crippen LogP contribution is 2.20. The van der Waals surface area contributed by atoms with E-state index in [2.05, 4.69) is 20.5 Å². The standard InChI is InChI=1S/C12H14N4O2/c1-7-4-5-8-10(13-7)15-16-11(8)14-12(17)9-3-2-6-18-9/h4-5,9H,2-3,6H2,1H3,(H2,13,14,15,16,17). The predicted molar refractivity (Wildman–Crippen MR) is 66.2 cm³/mol. The Hall–Kier alpha value is -1.95. The summed E-state index contributed by atoms with van der Waals surface area (Å²) in [5, 5.41) is 10.5. The molecule has 3 heterocycles. The molecule has 6 nitrogen and oxygen atoms in total. The molecule has 94 valence electrons. The summed E-state index contributed by atoms with van der Waals surface area (Å²) in [6.45, 7) is 2.56. The van der Waals surface area contributed by atoms with Crippen LogP contribution in [0.2, 0.25) is 0 Å². The zero-order valence-electron chi connectivity index (χ0n) is 10.1. The maximum Gasteiger partial charge on any atom is 0.254 e. The molecule has 3 rings (SSSR count). The average molecular weight is 246 g/mol. The van der Waals surface area contributed by atoms with Crippen molar-refractivity contribution in [3.63, 3.8) is 0 Å². The Morgan fingerprint density at radius 1 is 1.56 bits per heavy atom. The number of pyridine rings is 1. The number of hydrogen-bond donors (Lipinski definition) is 2. The van der Waals surface area contributed by atoms with Gasteiger partial charge in [0.2, 0.25) is 0 Å². The number of H-pyrrole nitrogens is 1. The number of aromatic amines is 1. The van der Waals surface area contributed by atoms with Gasteiger partial charge < -0.3 is 10.1 Å². The highest BCUT2D eigenvalue weighted by atomic mass is 16.5. The fourth-order valence-corrected chi connectivity index (χ4v) is 2.08. The number of anilines is 1. The summed E-state index contributed by atoms with van der Waals surface area (Å²) in [4.78, 5) is 16.2. The SMILES string of the molecule is Cc1ccc2c(NC(=O)C3CCCO3)n[nH]c2n1. The van der Waals surface area contributed by atoms with Crippen LogP contribution in [-0.4, -0.2) is 33.8 Å². The summed E-state index contributed by atoms with van der Waals surface area (Å²) in [5.41, 5.74) is 1.58. The number of rotatable bonds is 2. The minimum absolute atomic E-state index is 0.138. The van der Waals surface area contributed by atoms with Crippen molar-refractivity contribution in [3.05, 3.63) is 17.8 Å². The zero-order chi connectivity index (χ0) is 12.5. The molecule has 1 amide bonds. The number of nitrogens with zero attached hydrogens (tertiary/aromatic N) is 2. The van der Waals surface area contributed by atoms with E-state index >= 15 is 0 Å². The largest absolute Gasteiger partial charge is 0.368 e. The number of ether oxygens (including phenoxy) is 1. The van der Waals surface area contributed by atoms with Crippen LogP contribution in [0.5, 0.6) is 0 Å². The molecule has 1 aliphatic rings. The maximum absolute atomic E-state index is 11.9. The van der Waals surface area contributed by atoms with Crippen LogP contribution < -0.4 is 5.32 Å². The number of amides is 1. The van der Waals surface area contributed by atoms with Gasteiger partial charge in [0.25, 0.3) is 5.91 Å². The molecule has 1 fully saturated rings. The highest BCUT2D eigenvalue weighted by molar-refractivity contribution is 6.00. The van der Waals surface area contributed by atoms with Gasteiger partial charge in [-0.15, -0.1) is 0 Å². The predicted octanol–water partition coefficient (Wildman–Crippen LogP) is 1.38. The van der Waals surface area contributed by atoms with Gasteiger partial charge in [-0.05, 0) is 31.9 Å². The third-order valence-electron chi connectivity index (χ3n) is 3.03. The molecule has 2 aromatic rings. The van der Waals surface area contributed by atoms with Crippen LogP contribution in [0.1, 0.15) is 18.5 Å². The maximum atomic E-state index is 11.9. The van der Waals surface area contributed by atoms with Crippen molar-refractivity contribution in [2.45, 2.75) is 25.9 Å². The molecule has 18 heavy (non-hydrogen) atoms.